The minimum absolute atomic E-state index is 0. The highest BCUT2D eigenvalue weighted by Gasteiger charge is 1.98. The molecule has 0 radical (unpaired) electrons. The summed E-state index contributed by atoms with van der Waals surface area (Å²) in [5.41, 5.74) is 0. The van der Waals surface area contributed by atoms with E-state index in [2.05, 4.69) is 48.7 Å². The van der Waals surface area contributed by atoms with Gasteiger partial charge in [-0.15, -0.1) is 6.58 Å². The maximum Gasteiger partial charge on any atom is 0.168 e. The zero-order chi connectivity index (χ0) is 18.4. The highest BCUT2D eigenvalue weighted by molar-refractivity contribution is 4.83. The Morgan fingerprint density at radius 2 is 1.00 bits per heavy atom. The molecule has 0 aliphatic rings. The number of halogens is 1. The molecule has 0 N–H and O–H groups in total. The number of allylic oxidation sites excluding steroid dienone is 1. The van der Waals surface area contributed by atoms with Crippen molar-refractivity contribution < 1.29 is 17.0 Å². The monoisotopic (exact) mass is 381 g/mol. The van der Waals surface area contributed by atoms with Crippen LogP contribution in [0, 0.1) is 0 Å². The van der Waals surface area contributed by atoms with Crippen LogP contribution in [0.4, 0.5) is 0 Å². The number of rotatable bonds is 15. The molecule has 1 rings (SSSR count). The summed E-state index contributed by atoms with van der Waals surface area (Å²) < 4.78 is 2.29. The summed E-state index contributed by atoms with van der Waals surface area (Å²) in [5.74, 6) is 0. The van der Waals surface area contributed by atoms with Crippen LogP contribution in [0.2, 0.25) is 0 Å². The van der Waals surface area contributed by atoms with Gasteiger partial charge < -0.3 is 12.4 Å². The number of aromatic nitrogens is 1. The van der Waals surface area contributed by atoms with E-state index in [1.807, 2.05) is 6.92 Å². The van der Waals surface area contributed by atoms with Gasteiger partial charge in [0.25, 0.3) is 0 Å². The fourth-order valence-corrected chi connectivity index (χ4v) is 3.07. The molecular weight excluding hydrogens is 338 g/mol. The van der Waals surface area contributed by atoms with Gasteiger partial charge in [0, 0.05) is 18.6 Å². The second-order valence-corrected chi connectivity index (χ2v) is 7.12. The standard InChI is InChI=1S/C21H38N.C3H6.ClH/c1-2-3-4-5-6-7-8-9-10-11-12-13-14-16-19-22-20-17-15-18-21-22;1-3-2;/h15,17-18,20-21H,2-14,16,19H2,1H3;3H,1H2,2H3;1H/q+1;;/p-1. The van der Waals surface area contributed by atoms with Crippen LogP contribution >= 0.6 is 0 Å². The molecule has 152 valence electrons. The van der Waals surface area contributed by atoms with Crippen LogP contribution in [0.25, 0.3) is 0 Å². The average Bonchev–Trinajstić information content (AvgIpc) is 2.63. The molecule has 26 heavy (non-hydrogen) atoms. The lowest BCUT2D eigenvalue weighted by molar-refractivity contribution is -0.697. The maximum atomic E-state index is 3.36. The third-order valence-electron chi connectivity index (χ3n) is 4.55. The van der Waals surface area contributed by atoms with Crippen molar-refractivity contribution in [3.8, 4) is 0 Å². The highest BCUT2D eigenvalue weighted by Crippen LogP contribution is 2.12. The van der Waals surface area contributed by atoms with Crippen molar-refractivity contribution in [2.45, 2.75) is 110 Å². The molecule has 1 nitrogen and oxygen atoms in total. The van der Waals surface area contributed by atoms with Gasteiger partial charge in [0.1, 0.15) is 6.54 Å². The first-order valence-corrected chi connectivity index (χ1v) is 10.9. The Bertz CT molecular complexity index is 364. The summed E-state index contributed by atoms with van der Waals surface area (Å²) in [7, 11) is 0. The second kappa shape index (κ2) is 24.2. The lowest BCUT2D eigenvalue weighted by Crippen LogP contribution is -3.00. The van der Waals surface area contributed by atoms with Crippen molar-refractivity contribution in [3.05, 3.63) is 43.2 Å². The number of unbranched alkanes of at least 4 members (excludes halogenated alkanes) is 13. The Balaban J connectivity index is 0. The molecule has 0 aliphatic heterocycles. The number of hydrogen-bond acceptors (Lipinski definition) is 0. The smallest absolute Gasteiger partial charge is 0.168 e. The summed E-state index contributed by atoms with van der Waals surface area (Å²) in [6.07, 6.45) is 26.2. The molecule has 0 fully saturated rings. The summed E-state index contributed by atoms with van der Waals surface area (Å²) in [6.45, 7) is 8.72. The van der Waals surface area contributed by atoms with Crippen molar-refractivity contribution >= 4 is 0 Å². The van der Waals surface area contributed by atoms with Crippen molar-refractivity contribution in [2.75, 3.05) is 0 Å². The zero-order valence-electron chi connectivity index (χ0n) is 17.6. The SMILES string of the molecule is C=CC.CCCCCCCCCCCCCCCC[n+]1ccccc1.[Cl-]. The van der Waals surface area contributed by atoms with E-state index >= 15 is 0 Å². The average molecular weight is 382 g/mol. The van der Waals surface area contributed by atoms with Crippen molar-refractivity contribution in [2.24, 2.45) is 0 Å². The Kier molecular flexibility index (Phi) is 25.5. The lowest BCUT2D eigenvalue weighted by Gasteiger charge is -2.02. The maximum absolute atomic E-state index is 3.36. The predicted molar refractivity (Wildman–Crippen MR) is 113 cm³/mol. The van der Waals surface area contributed by atoms with Crippen molar-refractivity contribution in [1.29, 1.82) is 0 Å². The van der Waals surface area contributed by atoms with E-state index in [1.54, 1.807) is 6.08 Å². The van der Waals surface area contributed by atoms with Gasteiger partial charge in [-0.3, -0.25) is 0 Å². The fraction of sp³-hybridized carbons (Fsp3) is 0.708. The topological polar surface area (TPSA) is 3.88 Å². The summed E-state index contributed by atoms with van der Waals surface area (Å²) >= 11 is 0. The predicted octanol–water partition coefficient (Wildman–Crippen LogP) is 4.65. The molecule has 0 unspecified atom stereocenters. The van der Waals surface area contributed by atoms with Crippen LogP contribution in [0.5, 0.6) is 0 Å². The quantitative estimate of drug-likeness (QED) is 0.236. The van der Waals surface area contributed by atoms with Crippen LogP contribution in [0.15, 0.2) is 43.2 Å². The summed E-state index contributed by atoms with van der Waals surface area (Å²) in [6, 6.07) is 6.31. The van der Waals surface area contributed by atoms with Crippen LogP contribution < -0.4 is 17.0 Å². The first kappa shape index (κ1) is 27.4. The molecule has 0 spiro atoms. The number of pyridine rings is 1. The van der Waals surface area contributed by atoms with Crippen molar-refractivity contribution in [3.63, 3.8) is 0 Å². The van der Waals surface area contributed by atoms with Gasteiger partial charge in [-0.25, -0.2) is 4.57 Å². The van der Waals surface area contributed by atoms with E-state index in [-0.39, 0.29) is 12.4 Å². The van der Waals surface area contributed by atoms with E-state index in [0.29, 0.717) is 0 Å². The van der Waals surface area contributed by atoms with Gasteiger partial charge in [0.05, 0.1) is 0 Å². The molecule has 2 heteroatoms. The molecular formula is C24H44ClN. The van der Waals surface area contributed by atoms with Crippen molar-refractivity contribution in [1.82, 2.24) is 0 Å². The molecule has 1 aromatic rings. The summed E-state index contributed by atoms with van der Waals surface area (Å²) in [5, 5.41) is 0. The van der Waals surface area contributed by atoms with Gasteiger partial charge >= 0.3 is 0 Å². The van der Waals surface area contributed by atoms with E-state index in [9.17, 15) is 0 Å². The molecule has 0 bridgehead atoms. The molecule has 0 atom stereocenters. The molecule has 1 heterocycles. The van der Waals surface area contributed by atoms with Crippen LogP contribution in [-0.4, -0.2) is 0 Å². The molecule has 0 aromatic carbocycles. The van der Waals surface area contributed by atoms with E-state index in [1.165, 1.54) is 96.4 Å². The Morgan fingerprint density at radius 3 is 1.38 bits per heavy atom. The Labute approximate surface area is 170 Å². The first-order valence-electron chi connectivity index (χ1n) is 10.9. The highest BCUT2D eigenvalue weighted by atomic mass is 35.5. The van der Waals surface area contributed by atoms with Crippen LogP contribution in [0.1, 0.15) is 104 Å². The zero-order valence-corrected chi connectivity index (χ0v) is 18.4. The first-order chi connectivity index (χ1) is 12.3. The molecule has 0 saturated carbocycles. The third-order valence-corrected chi connectivity index (χ3v) is 4.55. The van der Waals surface area contributed by atoms with Gasteiger partial charge in [-0.1, -0.05) is 96.1 Å². The van der Waals surface area contributed by atoms with E-state index in [0.717, 1.165) is 0 Å². The van der Waals surface area contributed by atoms with E-state index < -0.39 is 0 Å². The summed E-state index contributed by atoms with van der Waals surface area (Å²) in [4.78, 5) is 0. The lowest BCUT2D eigenvalue weighted by atomic mass is 10.0. The fourth-order valence-electron chi connectivity index (χ4n) is 3.07. The molecule has 0 saturated heterocycles. The Morgan fingerprint density at radius 1 is 0.654 bits per heavy atom. The van der Waals surface area contributed by atoms with E-state index in [4.69, 9.17) is 0 Å². The van der Waals surface area contributed by atoms with Crippen LogP contribution in [-0.2, 0) is 6.54 Å². The van der Waals surface area contributed by atoms with Gasteiger partial charge in [-0.2, -0.15) is 0 Å². The molecule has 1 aromatic heterocycles. The van der Waals surface area contributed by atoms with Gasteiger partial charge in [0.15, 0.2) is 12.4 Å². The number of hydrogen-bond donors (Lipinski definition) is 0. The molecule has 0 amide bonds. The van der Waals surface area contributed by atoms with Gasteiger partial charge in [-0.05, 0) is 13.3 Å². The number of nitrogens with zero attached hydrogens (tertiary/aromatic N) is 1. The third kappa shape index (κ3) is 21.2. The normalized spacial score (nSPS) is 9.77. The minimum Gasteiger partial charge on any atom is -1.00 e. The minimum atomic E-state index is 0. The molecule has 0 aliphatic carbocycles. The van der Waals surface area contributed by atoms with Gasteiger partial charge in [0.2, 0.25) is 0 Å². The Hall–Kier alpha value is -0.820. The number of aryl methyl sites for hydroxylation is 1. The largest absolute Gasteiger partial charge is 1.00 e. The second-order valence-electron chi connectivity index (χ2n) is 7.12. The van der Waals surface area contributed by atoms with Crippen LogP contribution in [0.3, 0.4) is 0 Å².